The van der Waals surface area contributed by atoms with Crippen molar-refractivity contribution in [2.45, 2.75) is 142 Å². The van der Waals surface area contributed by atoms with Gasteiger partial charge in [-0.1, -0.05) is 125 Å². The van der Waals surface area contributed by atoms with E-state index in [1.54, 1.807) is 0 Å². The van der Waals surface area contributed by atoms with Crippen LogP contribution in [0.2, 0.25) is 0 Å². The predicted molar refractivity (Wildman–Crippen MR) is 221 cm³/mol. The van der Waals surface area contributed by atoms with Crippen LogP contribution < -0.4 is 9.47 Å². The lowest BCUT2D eigenvalue weighted by Gasteiger charge is -2.30. The van der Waals surface area contributed by atoms with Crippen LogP contribution in [0.1, 0.15) is 175 Å². The topological polar surface area (TPSA) is 27.7 Å². The summed E-state index contributed by atoms with van der Waals surface area (Å²) in [5, 5.41) is 0. The summed E-state index contributed by atoms with van der Waals surface area (Å²) in [5.74, 6) is 4.93. The molecule has 0 spiro atoms. The fourth-order valence-corrected chi connectivity index (χ4v) is 9.09. The Morgan fingerprint density at radius 1 is 0.434 bits per heavy atom. The van der Waals surface area contributed by atoms with Gasteiger partial charge in [0, 0.05) is 0 Å². The summed E-state index contributed by atoms with van der Waals surface area (Å²) < 4.78 is 19.1. The van der Waals surface area contributed by atoms with Crippen LogP contribution in [0.3, 0.4) is 0 Å². The van der Waals surface area contributed by atoms with Gasteiger partial charge in [0.2, 0.25) is 0 Å². The standard InChI is InChI=1S/C50H66O3/c1-5-9-11-37-13-17-39(18-14-37)41-21-25-43(26-22-41)49(45-29-33-47(34-30-45)51-7-3)53-50(46-31-35-48(36-32-46)52-8-4)44-27-23-42(24-28-44)40-19-15-38(16-20-40)12-10-6-2/h21-40,49-50H,5-20H2,1-4H3/t37-,38-,39-,40-,49?,50?. The average Bonchev–Trinajstić information content (AvgIpc) is 3.21. The number of unbranched alkanes of at least 4 members (excludes halogenated alkanes) is 2. The van der Waals surface area contributed by atoms with Crippen molar-refractivity contribution in [1.29, 1.82) is 0 Å². The van der Waals surface area contributed by atoms with Gasteiger partial charge < -0.3 is 14.2 Å². The van der Waals surface area contributed by atoms with Gasteiger partial charge in [-0.25, -0.2) is 0 Å². The second-order valence-corrected chi connectivity index (χ2v) is 16.0. The fourth-order valence-electron chi connectivity index (χ4n) is 9.09. The molecule has 284 valence electrons. The van der Waals surface area contributed by atoms with E-state index in [9.17, 15) is 0 Å². The summed E-state index contributed by atoms with van der Waals surface area (Å²) in [6.07, 6.45) is 18.4. The zero-order valence-electron chi connectivity index (χ0n) is 33.2. The molecule has 0 heterocycles. The summed E-state index contributed by atoms with van der Waals surface area (Å²) in [6, 6.07) is 35.9. The third-order valence-electron chi connectivity index (χ3n) is 12.3. The smallest absolute Gasteiger partial charge is 0.119 e. The molecule has 2 saturated carbocycles. The van der Waals surface area contributed by atoms with Crippen molar-refractivity contribution < 1.29 is 14.2 Å². The first-order valence-electron chi connectivity index (χ1n) is 21.4. The van der Waals surface area contributed by atoms with E-state index in [-0.39, 0.29) is 12.2 Å². The second kappa shape index (κ2) is 20.2. The van der Waals surface area contributed by atoms with E-state index in [1.807, 2.05) is 13.8 Å². The van der Waals surface area contributed by atoms with Crippen LogP contribution in [-0.2, 0) is 4.74 Å². The number of benzene rings is 4. The van der Waals surface area contributed by atoms with Gasteiger partial charge in [0.25, 0.3) is 0 Å². The summed E-state index contributed by atoms with van der Waals surface area (Å²) in [7, 11) is 0. The second-order valence-electron chi connectivity index (χ2n) is 16.0. The number of rotatable bonds is 18. The van der Waals surface area contributed by atoms with Crippen LogP contribution >= 0.6 is 0 Å². The Kier molecular flexibility index (Phi) is 14.9. The highest BCUT2D eigenvalue weighted by molar-refractivity contribution is 5.40. The molecule has 2 atom stereocenters. The van der Waals surface area contributed by atoms with Crippen molar-refractivity contribution in [3.63, 3.8) is 0 Å². The number of ether oxygens (including phenoxy) is 3. The molecule has 3 nitrogen and oxygen atoms in total. The summed E-state index contributed by atoms with van der Waals surface area (Å²) in [6.45, 7) is 9.99. The van der Waals surface area contributed by atoms with Crippen LogP contribution in [0.5, 0.6) is 11.5 Å². The fraction of sp³-hybridized carbons (Fsp3) is 0.520. The first-order chi connectivity index (χ1) is 26.1. The van der Waals surface area contributed by atoms with Crippen LogP contribution in [0.15, 0.2) is 97.1 Å². The highest BCUT2D eigenvalue weighted by atomic mass is 16.5. The van der Waals surface area contributed by atoms with E-state index in [0.29, 0.717) is 25.0 Å². The van der Waals surface area contributed by atoms with Crippen LogP contribution in [-0.4, -0.2) is 13.2 Å². The van der Waals surface area contributed by atoms with Crippen molar-refractivity contribution in [2.75, 3.05) is 13.2 Å². The number of hydrogen-bond acceptors (Lipinski definition) is 3. The Morgan fingerprint density at radius 2 is 0.755 bits per heavy atom. The lowest BCUT2D eigenvalue weighted by Crippen LogP contribution is -2.15. The summed E-state index contributed by atoms with van der Waals surface area (Å²) >= 11 is 0. The lowest BCUT2D eigenvalue weighted by molar-refractivity contribution is 0.0308. The molecule has 3 heteroatoms. The summed E-state index contributed by atoms with van der Waals surface area (Å²) in [4.78, 5) is 0. The van der Waals surface area contributed by atoms with Gasteiger partial charge in [0.1, 0.15) is 23.7 Å². The maximum atomic E-state index is 7.39. The van der Waals surface area contributed by atoms with Gasteiger partial charge >= 0.3 is 0 Å². The van der Waals surface area contributed by atoms with Crippen LogP contribution in [0.4, 0.5) is 0 Å². The predicted octanol–water partition coefficient (Wildman–Crippen LogP) is 14.3. The van der Waals surface area contributed by atoms with Crippen molar-refractivity contribution >= 4 is 0 Å². The SMILES string of the molecule is CCCC[C@H]1CC[C@H](c2ccc(C(OC(c3ccc(OCC)cc3)c3ccc([C@H]4CC[C@H](CCCC)CC4)cc3)c3ccc(OCC)cc3)cc2)CC1. The average molecular weight is 715 g/mol. The highest BCUT2D eigenvalue weighted by Crippen LogP contribution is 2.42. The van der Waals surface area contributed by atoms with E-state index in [4.69, 9.17) is 14.2 Å². The molecule has 4 aromatic rings. The Bertz CT molecular complexity index is 1470. The molecule has 0 N–H and O–H groups in total. The van der Waals surface area contributed by atoms with Crippen LogP contribution in [0.25, 0.3) is 0 Å². The number of hydrogen-bond donors (Lipinski definition) is 0. The third-order valence-corrected chi connectivity index (χ3v) is 12.3. The van der Waals surface area contributed by atoms with Gasteiger partial charge in [-0.3, -0.25) is 0 Å². The highest BCUT2D eigenvalue weighted by Gasteiger charge is 2.27. The molecule has 2 aliphatic carbocycles. The van der Waals surface area contributed by atoms with Gasteiger partial charge in [0.05, 0.1) is 13.2 Å². The Morgan fingerprint density at radius 3 is 1.06 bits per heavy atom. The Labute approximate surface area is 321 Å². The molecule has 0 bridgehead atoms. The molecule has 2 aliphatic rings. The molecule has 53 heavy (non-hydrogen) atoms. The van der Waals surface area contributed by atoms with Gasteiger partial charge in [0.15, 0.2) is 0 Å². The van der Waals surface area contributed by atoms with Crippen LogP contribution in [0, 0.1) is 11.8 Å². The normalized spacial score (nSPS) is 21.5. The van der Waals surface area contributed by atoms with Crippen molar-refractivity contribution in [2.24, 2.45) is 11.8 Å². The molecule has 2 unspecified atom stereocenters. The maximum Gasteiger partial charge on any atom is 0.119 e. The largest absolute Gasteiger partial charge is 0.494 e. The van der Waals surface area contributed by atoms with E-state index < -0.39 is 0 Å². The minimum Gasteiger partial charge on any atom is -0.494 e. The van der Waals surface area contributed by atoms with Crippen molar-refractivity contribution in [3.8, 4) is 11.5 Å². The minimum absolute atomic E-state index is 0.251. The first-order valence-corrected chi connectivity index (χ1v) is 21.4. The van der Waals surface area contributed by atoms with E-state index in [1.165, 1.54) is 112 Å². The molecule has 0 aliphatic heterocycles. The van der Waals surface area contributed by atoms with E-state index >= 15 is 0 Å². The van der Waals surface area contributed by atoms with Crippen molar-refractivity contribution in [1.82, 2.24) is 0 Å². The quantitative estimate of drug-likeness (QED) is 0.103. The third kappa shape index (κ3) is 10.8. The molecule has 6 rings (SSSR count). The van der Waals surface area contributed by atoms with Gasteiger partial charge in [-0.15, -0.1) is 0 Å². The minimum atomic E-state index is -0.251. The molecular weight excluding hydrogens is 649 g/mol. The molecule has 0 aromatic heterocycles. The zero-order chi connectivity index (χ0) is 36.8. The van der Waals surface area contributed by atoms with E-state index in [2.05, 4.69) is 111 Å². The van der Waals surface area contributed by atoms with Gasteiger partial charge in [-0.2, -0.15) is 0 Å². The van der Waals surface area contributed by atoms with Gasteiger partial charge in [-0.05, 0) is 147 Å². The molecule has 2 fully saturated rings. The lowest BCUT2D eigenvalue weighted by atomic mass is 9.77. The zero-order valence-corrected chi connectivity index (χ0v) is 33.2. The Balaban J connectivity index is 1.27. The Hall–Kier alpha value is -3.56. The molecule has 0 radical (unpaired) electrons. The molecule has 4 aromatic carbocycles. The maximum absolute atomic E-state index is 7.39. The molecule has 0 amide bonds. The van der Waals surface area contributed by atoms with E-state index in [0.717, 1.165) is 34.5 Å². The van der Waals surface area contributed by atoms with Crippen molar-refractivity contribution in [3.05, 3.63) is 130 Å². The monoisotopic (exact) mass is 715 g/mol. The first kappa shape index (κ1) is 39.1. The molecular formula is C50H66O3. The summed E-state index contributed by atoms with van der Waals surface area (Å²) in [5.41, 5.74) is 7.58. The molecule has 0 saturated heterocycles.